The topological polar surface area (TPSA) is 83.5 Å². The minimum absolute atomic E-state index is 0.0500. The van der Waals surface area contributed by atoms with Gasteiger partial charge in [-0.25, -0.2) is 0 Å². The number of fused-ring (bicyclic) bond motifs is 2. The van der Waals surface area contributed by atoms with E-state index in [0.717, 1.165) is 32.6 Å². The standard InChI is InChI=1S/C8H11NO2.C2H4O2/c10-7-5-2-1-3-6(4-5)8(11)9-7;1-2(3)4/h5-6H,1-4H2,(H,9,10,11);1H3,(H,3,4)/t5-,6+;. The molecule has 1 heterocycles. The molecule has 0 radical (unpaired) electrons. The molecule has 2 amide bonds. The van der Waals surface area contributed by atoms with E-state index in [4.69, 9.17) is 9.90 Å². The first-order valence-electron chi connectivity index (χ1n) is 5.05. The highest BCUT2D eigenvalue weighted by atomic mass is 16.4. The van der Waals surface area contributed by atoms with E-state index in [1.54, 1.807) is 0 Å². The Morgan fingerprint density at radius 3 is 2.07 bits per heavy atom. The number of carbonyl (C=O) groups is 3. The largest absolute Gasteiger partial charge is 0.481 e. The number of hydrogen-bond donors (Lipinski definition) is 2. The van der Waals surface area contributed by atoms with Gasteiger partial charge in [0.1, 0.15) is 0 Å². The molecule has 5 heteroatoms. The zero-order valence-electron chi connectivity index (χ0n) is 8.66. The molecule has 0 aromatic heterocycles. The molecule has 1 aliphatic carbocycles. The van der Waals surface area contributed by atoms with Gasteiger partial charge in [0.15, 0.2) is 0 Å². The third-order valence-electron chi connectivity index (χ3n) is 2.66. The van der Waals surface area contributed by atoms with Crippen LogP contribution in [0.3, 0.4) is 0 Å². The summed E-state index contributed by atoms with van der Waals surface area (Å²) in [4.78, 5) is 31.2. The van der Waals surface area contributed by atoms with Crippen LogP contribution in [-0.4, -0.2) is 22.9 Å². The average Bonchev–Trinajstić information content (AvgIpc) is 2.15. The van der Waals surface area contributed by atoms with Gasteiger partial charge in [-0.1, -0.05) is 6.42 Å². The lowest BCUT2D eigenvalue weighted by atomic mass is 9.78. The molecule has 2 N–H and O–H groups in total. The van der Waals surface area contributed by atoms with Gasteiger partial charge in [-0.15, -0.1) is 0 Å². The van der Waals surface area contributed by atoms with E-state index < -0.39 is 5.97 Å². The Morgan fingerprint density at radius 1 is 1.27 bits per heavy atom. The monoisotopic (exact) mass is 213 g/mol. The van der Waals surface area contributed by atoms with Gasteiger partial charge >= 0.3 is 0 Å². The maximum Gasteiger partial charge on any atom is 0.300 e. The molecule has 0 aromatic rings. The minimum atomic E-state index is -0.833. The summed E-state index contributed by atoms with van der Waals surface area (Å²) in [6.07, 6.45) is 3.77. The molecule has 84 valence electrons. The van der Waals surface area contributed by atoms with Gasteiger partial charge in [0.25, 0.3) is 5.97 Å². The van der Waals surface area contributed by atoms with Crippen molar-refractivity contribution in [1.29, 1.82) is 0 Å². The van der Waals surface area contributed by atoms with Gasteiger partial charge in [-0.05, 0) is 19.3 Å². The van der Waals surface area contributed by atoms with Crippen molar-refractivity contribution in [2.24, 2.45) is 11.8 Å². The van der Waals surface area contributed by atoms with Gasteiger partial charge < -0.3 is 5.11 Å². The fourth-order valence-corrected chi connectivity index (χ4v) is 1.99. The van der Waals surface area contributed by atoms with Crippen LogP contribution in [0.4, 0.5) is 0 Å². The van der Waals surface area contributed by atoms with Crippen LogP contribution in [0.25, 0.3) is 0 Å². The summed E-state index contributed by atoms with van der Waals surface area (Å²) in [6.45, 7) is 1.08. The normalized spacial score (nSPS) is 28.6. The number of aliphatic carboxylic acids is 1. The van der Waals surface area contributed by atoms with Crippen molar-refractivity contribution in [2.75, 3.05) is 0 Å². The van der Waals surface area contributed by atoms with E-state index in [0.29, 0.717) is 0 Å². The lowest BCUT2D eigenvalue weighted by molar-refractivity contribution is -0.142. The van der Waals surface area contributed by atoms with Crippen molar-refractivity contribution in [2.45, 2.75) is 32.6 Å². The second kappa shape index (κ2) is 4.91. The Balaban J connectivity index is 0.000000245. The first kappa shape index (κ1) is 11.7. The van der Waals surface area contributed by atoms with E-state index in [-0.39, 0.29) is 23.7 Å². The Bertz CT molecular complexity index is 263. The molecule has 0 aromatic carbocycles. The maximum atomic E-state index is 11.1. The lowest BCUT2D eigenvalue weighted by Crippen LogP contribution is -2.48. The number of amides is 2. The van der Waals surface area contributed by atoms with E-state index in [2.05, 4.69) is 5.32 Å². The van der Waals surface area contributed by atoms with E-state index in [1.807, 2.05) is 0 Å². The number of carbonyl (C=O) groups excluding carboxylic acids is 2. The Morgan fingerprint density at radius 2 is 1.67 bits per heavy atom. The maximum absolute atomic E-state index is 11.1. The second-order valence-corrected chi connectivity index (χ2v) is 3.93. The summed E-state index contributed by atoms with van der Waals surface area (Å²) in [7, 11) is 0. The molecular weight excluding hydrogens is 198 g/mol. The number of nitrogens with one attached hydrogen (secondary N) is 1. The molecule has 2 atom stereocenters. The predicted molar refractivity (Wildman–Crippen MR) is 51.9 cm³/mol. The number of imide groups is 1. The Hall–Kier alpha value is -1.39. The molecule has 1 aliphatic heterocycles. The SMILES string of the molecule is CC(=O)O.O=C1NC(=O)[C@H]2CCC[C@@H]1C2. The van der Waals surface area contributed by atoms with Crippen LogP contribution in [0, 0.1) is 11.8 Å². The number of hydrogen-bond acceptors (Lipinski definition) is 3. The smallest absolute Gasteiger partial charge is 0.300 e. The zero-order valence-corrected chi connectivity index (χ0v) is 8.66. The highest BCUT2D eigenvalue weighted by Gasteiger charge is 2.36. The van der Waals surface area contributed by atoms with Crippen molar-refractivity contribution in [3.05, 3.63) is 0 Å². The Labute approximate surface area is 87.8 Å². The van der Waals surface area contributed by atoms with Crippen molar-refractivity contribution in [3.8, 4) is 0 Å². The summed E-state index contributed by atoms with van der Waals surface area (Å²) >= 11 is 0. The quantitative estimate of drug-likeness (QED) is 0.575. The average molecular weight is 213 g/mol. The van der Waals surface area contributed by atoms with E-state index in [1.165, 1.54) is 0 Å². The van der Waals surface area contributed by atoms with E-state index in [9.17, 15) is 9.59 Å². The molecular formula is C10H15NO4. The molecule has 0 spiro atoms. The molecule has 2 aliphatic rings. The summed E-state index contributed by atoms with van der Waals surface area (Å²) < 4.78 is 0. The number of carboxylic acids is 1. The molecule has 5 nitrogen and oxygen atoms in total. The van der Waals surface area contributed by atoms with Crippen LogP contribution in [0.2, 0.25) is 0 Å². The molecule has 1 saturated carbocycles. The fourth-order valence-electron chi connectivity index (χ4n) is 1.99. The third kappa shape index (κ3) is 3.34. The van der Waals surface area contributed by atoms with Crippen molar-refractivity contribution >= 4 is 17.8 Å². The Kier molecular flexibility index (Phi) is 3.82. The van der Waals surface area contributed by atoms with Crippen LogP contribution < -0.4 is 5.32 Å². The third-order valence-corrected chi connectivity index (χ3v) is 2.66. The molecule has 2 fully saturated rings. The lowest BCUT2D eigenvalue weighted by Gasteiger charge is -2.32. The first-order chi connectivity index (χ1) is 7.00. The predicted octanol–water partition coefficient (Wildman–Crippen LogP) is 0.540. The first-order valence-corrected chi connectivity index (χ1v) is 5.05. The molecule has 0 unspecified atom stereocenters. The number of piperidine rings is 1. The second-order valence-electron chi connectivity index (χ2n) is 3.93. The van der Waals surface area contributed by atoms with Gasteiger partial charge in [0.2, 0.25) is 11.8 Å². The number of carboxylic acid groups (broad SMARTS) is 1. The van der Waals surface area contributed by atoms with Gasteiger partial charge in [-0.3, -0.25) is 19.7 Å². The van der Waals surface area contributed by atoms with Crippen LogP contribution in [0.1, 0.15) is 32.6 Å². The molecule has 2 bridgehead atoms. The highest BCUT2D eigenvalue weighted by molar-refractivity contribution is 6.00. The van der Waals surface area contributed by atoms with Crippen LogP contribution >= 0.6 is 0 Å². The summed E-state index contributed by atoms with van der Waals surface area (Å²) in [5.41, 5.74) is 0. The van der Waals surface area contributed by atoms with Crippen LogP contribution in [0.15, 0.2) is 0 Å². The number of rotatable bonds is 0. The molecule has 15 heavy (non-hydrogen) atoms. The molecule has 2 rings (SSSR count). The fraction of sp³-hybridized carbons (Fsp3) is 0.700. The summed E-state index contributed by atoms with van der Waals surface area (Å²) in [5.74, 6) is -0.671. The van der Waals surface area contributed by atoms with Gasteiger partial charge in [-0.2, -0.15) is 0 Å². The summed E-state index contributed by atoms with van der Waals surface area (Å²) in [5, 5.41) is 9.82. The molecule has 1 saturated heterocycles. The van der Waals surface area contributed by atoms with Crippen molar-refractivity contribution < 1.29 is 19.5 Å². The summed E-state index contributed by atoms with van der Waals surface area (Å²) in [6, 6.07) is 0. The van der Waals surface area contributed by atoms with Crippen molar-refractivity contribution in [3.63, 3.8) is 0 Å². The van der Waals surface area contributed by atoms with Gasteiger partial charge in [0.05, 0.1) is 0 Å². The van der Waals surface area contributed by atoms with Crippen molar-refractivity contribution in [1.82, 2.24) is 5.32 Å². The van der Waals surface area contributed by atoms with Gasteiger partial charge in [0, 0.05) is 18.8 Å². The minimum Gasteiger partial charge on any atom is -0.481 e. The van der Waals surface area contributed by atoms with E-state index >= 15 is 0 Å². The highest BCUT2D eigenvalue weighted by Crippen LogP contribution is 2.32. The van der Waals surface area contributed by atoms with Crippen LogP contribution in [0.5, 0.6) is 0 Å². The zero-order chi connectivity index (χ0) is 11.4. The van der Waals surface area contributed by atoms with Crippen LogP contribution in [-0.2, 0) is 14.4 Å².